The molecule has 1 aromatic carbocycles. The van der Waals surface area contributed by atoms with Gasteiger partial charge in [-0.05, 0) is 32.2 Å². The fourth-order valence-corrected chi connectivity index (χ4v) is 4.38. The molecule has 0 saturated heterocycles. The Morgan fingerprint density at radius 1 is 1.44 bits per heavy atom. The smallest absolute Gasteiger partial charge is 0.347 e. The Balaban J connectivity index is 1.92. The molecule has 0 amide bonds. The van der Waals surface area contributed by atoms with Gasteiger partial charge in [-0.15, -0.1) is 11.3 Å². The molecular weight excluding hydrogens is 336 g/mol. The largest absolute Gasteiger partial charge is 0.477 e. The molecule has 0 unspecified atom stereocenters. The van der Waals surface area contributed by atoms with Crippen molar-refractivity contribution in [2.45, 2.75) is 19.5 Å². The third kappa shape index (κ3) is 2.51. The van der Waals surface area contributed by atoms with Crippen LogP contribution < -0.4 is 0 Å². The third-order valence-electron chi connectivity index (χ3n) is 4.54. The number of nitriles is 1. The van der Waals surface area contributed by atoms with E-state index in [-0.39, 0.29) is 4.88 Å². The fourth-order valence-electron chi connectivity index (χ4n) is 3.64. The standard InChI is InChI=1S/C18H16N4O2S/c1-10-8-21(2)9-14-5-11-3-12(4-13(6-19)16(11)22(10)14)17-20-7-15(25-17)18(23)24/h3-5,7,10H,8-9H2,1-2H3,(H,23,24)/t10-/m1/s1. The van der Waals surface area contributed by atoms with Crippen LogP contribution in [0.15, 0.2) is 24.4 Å². The normalized spacial score (nSPS) is 17.4. The number of thiazole rings is 1. The topological polar surface area (TPSA) is 82.2 Å². The molecule has 2 aromatic heterocycles. The van der Waals surface area contributed by atoms with Gasteiger partial charge in [-0.1, -0.05) is 0 Å². The Morgan fingerprint density at radius 3 is 2.92 bits per heavy atom. The Morgan fingerprint density at radius 2 is 2.24 bits per heavy atom. The number of rotatable bonds is 2. The van der Waals surface area contributed by atoms with Crippen LogP contribution >= 0.6 is 11.3 Å². The number of carboxylic acids is 1. The number of carboxylic acid groups (broad SMARTS) is 1. The van der Waals surface area contributed by atoms with Crippen molar-refractivity contribution in [3.63, 3.8) is 0 Å². The molecule has 0 bridgehead atoms. The third-order valence-corrected chi connectivity index (χ3v) is 5.58. The SMILES string of the molecule is C[C@@H]1CN(C)Cc2cc3cc(-c4ncc(C(=O)O)s4)cc(C#N)c3n21. The van der Waals surface area contributed by atoms with E-state index in [9.17, 15) is 10.1 Å². The molecule has 0 fully saturated rings. The fraction of sp³-hybridized carbons (Fsp3) is 0.278. The van der Waals surface area contributed by atoms with Gasteiger partial charge in [0.2, 0.25) is 0 Å². The number of hydrogen-bond donors (Lipinski definition) is 1. The summed E-state index contributed by atoms with van der Waals surface area (Å²) in [5, 5.41) is 20.4. The van der Waals surface area contributed by atoms with Crippen molar-refractivity contribution in [1.82, 2.24) is 14.5 Å². The van der Waals surface area contributed by atoms with Gasteiger partial charge in [0.15, 0.2) is 0 Å². The molecule has 0 saturated carbocycles. The number of benzene rings is 1. The number of hydrogen-bond acceptors (Lipinski definition) is 5. The van der Waals surface area contributed by atoms with Crippen LogP contribution in [0.25, 0.3) is 21.5 Å². The first-order valence-corrected chi connectivity index (χ1v) is 8.75. The van der Waals surface area contributed by atoms with Gasteiger partial charge in [0, 0.05) is 35.8 Å². The van der Waals surface area contributed by atoms with E-state index in [1.165, 1.54) is 11.9 Å². The predicted octanol–water partition coefficient (Wildman–Crippen LogP) is 3.34. The van der Waals surface area contributed by atoms with E-state index in [1.807, 2.05) is 12.1 Å². The van der Waals surface area contributed by atoms with E-state index in [4.69, 9.17) is 5.11 Å². The van der Waals surface area contributed by atoms with Crippen LogP contribution in [0.3, 0.4) is 0 Å². The van der Waals surface area contributed by atoms with Crippen molar-refractivity contribution in [3.05, 3.63) is 40.5 Å². The number of aromatic nitrogens is 2. The average Bonchev–Trinajstić information content (AvgIpc) is 3.17. The van der Waals surface area contributed by atoms with Crippen molar-refractivity contribution < 1.29 is 9.90 Å². The van der Waals surface area contributed by atoms with E-state index in [0.717, 1.165) is 40.9 Å². The van der Waals surface area contributed by atoms with E-state index < -0.39 is 5.97 Å². The number of likely N-dealkylation sites (N-methyl/N-ethyl adjacent to an activating group) is 1. The minimum Gasteiger partial charge on any atom is -0.477 e. The lowest BCUT2D eigenvalue weighted by Crippen LogP contribution is -2.32. The highest BCUT2D eigenvalue weighted by Crippen LogP contribution is 2.35. The Hall–Kier alpha value is -2.69. The summed E-state index contributed by atoms with van der Waals surface area (Å²) in [7, 11) is 2.09. The lowest BCUT2D eigenvalue weighted by Gasteiger charge is -2.31. The number of aromatic carboxylic acids is 1. The summed E-state index contributed by atoms with van der Waals surface area (Å²) in [6, 6.07) is 8.53. The van der Waals surface area contributed by atoms with E-state index >= 15 is 0 Å². The van der Waals surface area contributed by atoms with Crippen LogP contribution in [-0.2, 0) is 6.54 Å². The van der Waals surface area contributed by atoms with Crippen molar-refractivity contribution in [2.24, 2.45) is 0 Å². The molecule has 1 atom stereocenters. The van der Waals surface area contributed by atoms with Crippen molar-refractivity contribution in [3.8, 4) is 16.6 Å². The molecule has 6 nitrogen and oxygen atoms in total. The van der Waals surface area contributed by atoms with Crippen molar-refractivity contribution in [2.75, 3.05) is 13.6 Å². The van der Waals surface area contributed by atoms with E-state index in [1.54, 1.807) is 0 Å². The Bertz CT molecular complexity index is 1040. The quantitative estimate of drug-likeness (QED) is 0.765. The average molecular weight is 352 g/mol. The molecule has 4 rings (SSSR count). The van der Waals surface area contributed by atoms with Gasteiger partial charge in [0.05, 0.1) is 17.3 Å². The van der Waals surface area contributed by atoms with Gasteiger partial charge >= 0.3 is 5.97 Å². The highest BCUT2D eigenvalue weighted by atomic mass is 32.1. The maximum Gasteiger partial charge on any atom is 0.347 e. The second kappa shape index (κ2) is 5.69. The zero-order chi connectivity index (χ0) is 17.7. The maximum absolute atomic E-state index is 11.1. The van der Waals surface area contributed by atoms with Gasteiger partial charge in [-0.25, -0.2) is 9.78 Å². The van der Waals surface area contributed by atoms with Gasteiger partial charge in [0.25, 0.3) is 0 Å². The van der Waals surface area contributed by atoms with Gasteiger partial charge in [0.1, 0.15) is 16.0 Å². The van der Waals surface area contributed by atoms with Gasteiger partial charge in [-0.3, -0.25) is 4.90 Å². The van der Waals surface area contributed by atoms with Gasteiger partial charge < -0.3 is 9.67 Å². The lowest BCUT2D eigenvalue weighted by atomic mass is 10.1. The molecule has 126 valence electrons. The summed E-state index contributed by atoms with van der Waals surface area (Å²) in [5.41, 5.74) is 3.53. The molecule has 1 aliphatic heterocycles. The summed E-state index contributed by atoms with van der Waals surface area (Å²) in [5.74, 6) is -0.985. The molecule has 1 N–H and O–H groups in total. The zero-order valence-corrected chi connectivity index (χ0v) is 14.7. The molecule has 7 heteroatoms. The van der Waals surface area contributed by atoms with E-state index in [2.05, 4.69) is 40.6 Å². The van der Waals surface area contributed by atoms with Gasteiger partial charge in [-0.2, -0.15) is 5.26 Å². The summed E-state index contributed by atoms with van der Waals surface area (Å²) in [6.07, 6.45) is 1.36. The molecule has 3 heterocycles. The Kier molecular flexibility index (Phi) is 3.60. The number of fused-ring (bicyclic) bond motifs is 3. The van der Waals surface area contributed by atoms with Crippen LogP contribution in [0.2, 0.25) is 0 Å². The van der Waals surface area contributed by atoms with Crippen molar-refractivity contribution in [1.29, 1.82) is 5.26 Å². The summed E-state index contributed by atoms with van der Waals surface area (Å²) >= 11 is 1.12. The predicted molar refractivity (Wildman–Crippen MR) is 95.8 cm³/mol. The van der Waals surface area contributed by atoms with Crippen LogP contribution in [-0.4, -0.2) is 39.1 Å². The minimum absolute atomic E-state index is 0.194. The van der Waals surface area contributed by atoms with E-state index in [0.29, 0.717) is 16.6 Å². The second-order valence-electron chi connectivity index (χ2n) is 6.46. The lowest BCUT2D eigenvalue weighted by molar-refractivity contribution is 0.0702. The summed E-state index contributed by atoms with van der Waals surface area (Å²) in [4.78, 5) is 17.8. The summed E-state index contributed by atoms with van der Waals surface area (Å²) < 4.78 is 2.25. The highest BCUT2D eigenvalue weighted by molar-refractivity contribution is 7.16. The van der Waals surface area contributed by atoms with Crippen molar-refractivity contribution >= 4 is 28.2 Å². The molecule has 25 heavy (non-hydrogen) atoms. The second-order valence-corrected chi connectivity index (χ2v) is 7.49. The first kappa shape index (κ1) is 15.8. The first-order chi connectivity index (χ1) is 12.0. The minimum atomic E-state index is -0.985. The molecule has 3 aromatic rings. The molecular formula is C18H16N4O2S. The van der Waals surface area contributed by atoms with Crippen LogP contribution in [0.5, 0.6) is 0 Å². The maximum atomic E-state index is 11.1. The highest BCUT2D eigenvalue weighted by Gasteiger charge is 2.24. The first-order valence-electron chi connectivity index (χ1n) is 7.94. The molecule has 0 aliphatic carbocycles. The number of carbonyl (C=O) groups is 1. The monoisotopic (exact) mass is 352 g/mol. The molecule has 1 aliphatic rings. The van der Waals surface area contributed by atoms with Crippen LogP contribution in [0, 0.1) is 11.3 Å². The zero-order valence-electron chi connectivity index (χ0n) is 13.9. The molecule has 0 radical (unpaired) electrons. The molecule has 0 spiro atoms. The number of nitrogens with zero attached hydrogens (tertiary/aromatic N) is 4. The summed E-state index contributed by atoms with van der Waals surface area (Å²) in [6.45, 7) is 3.95. The van der Waals surface area contributed by atoms with Crippen LogP contribution in [0.4, 0.5) is 0 Å². The Labute approximate surface area is 148 Å². The van der Waals surface area contributed by atoms with Crippen LogP contribution in [0.1, 0.15) is 33.9 Å².